The molecule has 1 aliphatic heterocycles. The highest BCUT2D eigenvalue weighted by Gasteiger charge is 2.32. The van der Waals surface area contributed by atoms with Crippen molar-refractivity contribution < 1.29 is 9.42 Å². The number of nitrogens with two attached hydrogens (primary N) is 1. The first-order chi connectivity index (χ1) is 10.5. The van der Waals surface area contributed by atoms with Crippen molar-refractivity contribution in [2.24, 2.45) is 0 Å². The zero-order valence-electron chi connectivity index (χ0n) is 12.6. The summed E-state index contributed by atoms with van der Waals surface area (Å²) in [6.45, 7) is 4.28. The second-order valence-corrected chi connectivity index (χ2v) is 5.48. The third-order valence-electron chi connectivity index (χ3n) is 3.86. The number of nitrogen functional groups attached to an aromatic ring is 1. The first-order valence-corrected chi connectivity index (χ1v) is 7.23. The van der Waals surface area contributed by atoms with Gasteiger partial charge in [-0.1, -0.05) is 10.3 Å². The van der Waals surface area contributed by atoms with Crippen LogP contribution in [0.25, 0.3) is 0 Å². The van der Waals surface area contributed by atoms with Crippen molar-refractivity contribution in [3.8, 4) is 0 Å². The van der Waals surface area contributed by atoms with Crippen LogP contribution in [-0.2, 0) is 11.2 Å². The van der Waals surface area contributed by atoms with Gasteiger partial charge in [-0.25, -0.2) is 14.6 Å². The number of likely N-dealkylation sites (tertiary alicyclic amines) is 1. The van der Waals surface area contributed by atoms with E-state index in [9.17, 15) is 4.79 Å². The first-order valence-electron chi connectivity index (χ1n) is 7.23. The Labute approximate surface area is 127 Å². The molecule has 0 saturated carbocycles. The van der Waals surface area contributed by atoms with E-state index >= 15 is 0 Å². The highest BCUT2D eigenvalue weighted by Crippen LogP contribution is 2.31. The second-order valence-electron chi connectivity index (χ2n) is 5.48. The van der Waals surface area contributed by atoms with E-state index in [2.05, 4.69) is 24.9 Å². The standard InChI is InChI=1S/C14H18N6O2/c1-8-10(19-22-18-8)7-14(21)20-5-3-4-12(20)11-6-13(15)17-9(2)16-11/h6,12H,3-5,7H2,1-2H3,(H2,15,16,17)/t12-/m1/s1. The van der Waals surface area contributed by atoms with E-state index in [1.807, 2.05) is 4.90 Å². The van der Waals surface area contributed by atoms with Crippen LogP contribution in [0.4, 0.5) is 5.82 Å². The van der Waals surface area contributed by atoms with Crippen molar-refractivity contribution in [1.29, 1.82) is 0 Å². The zero-order chi connectivity index (χ0) is 15.7. The Bertz CT molecular complexity index is 678. The van der Waals surface area contributed by atoms with Gasteiger partial charge in [0.15, 0.2) is 0 Å². The number of aromatic nitrogens is 4. The summed E-state index contributed by atoms with van der Waals surface area (Å²) < 4.78 is 4.64. The molecule has 0 aliphatic carbocycles. The van der Waals surface area contributed by atoms with Crippen molar-refractivity contribution in [1.82, 2.24) is 25.2 Å². The summed E-state index contributed by atoms with van der Waals surface area (Å²) in [5.74, 6) is 1.04. The van der Waals surface area contributed by atoms with E-state index in [0.29, 0.717) is 29.6 Å². The predicted molar refractivity (Wildman–Crippen MR) is 77.6 cm³/mol. The largest absolute Gasteiger partial charge is 0.384 e. The fourth-order valence-electron chi connectivity index (χ4n) is 2.81. The Kier molecular flexibility index (Phi) is 3.74. The molecule has 2 N–H and O–H groups in total. The molecule has 8 nitrogen and oxygen atoms in total. The van der Waals surface area contributed by atoms with Gasteiger partial charge >= 0.3 is 0 Å². The summed E-state index contributed by atoms with van der Waals surface area (Å²) in [7, 11) is 0. The number of hydrogen-bond donors (Lipinski definition) is 1. The minimum Gasteiger partial charge on any atom is -0.384 e. The summed E-state index contributed by atoms with van der Waals surface area (Å²) >= 11 is 0. The Hall–Kier alpha value is -2.51. The number of aryl methyl sites for hydroxylation is 2. The fourth-order valence-corrected chi connectivity index (χ4v) is 2.81. The average molecular weight is 302 g/mol. The summed E-state index contributed by atoms with van der Waals surface area (Å²) in [6, 6.07) is 1.68. The number of carbonyl (C=O) groups is 1. The van der Waals surface area contributed by atoms with Crippen molar-refractivity contribution in [3.05, 3.63) is 29.0 Å². The van der Waals surface area contributed by atoms with Crippen LogP contribution in [0.2, 0.25) is 0 Å². The molecular formula is C14H18N6O2. The van der Waals surface area contributed by atoms with E-state index < -0.39 is 0 Å². The highest BCUT2D eigenvalue weighted by atomic mass is 16.6. The zero-order valence-corrected chi connectivity index (χ0v) is 12.6. The molecule has 1 atom stereocenters. The van der Waals surface area contributed by atoms with Crippen LogP contribution in [0.5, 0.6) is 0 Å². The average Bonchev–Trinajstić information content (AvgIpc) is 3.07. The minimum absolute atomic E-state index is 0.00358. The van der Waals surface area contributed by atoms with Gasteiger partial charge in [-0.15, -0.1) is 0 Å². The minimum atomic E-state index is -0.0586. The number of carbonyl (C=O) groups excluding carboxylic acids is 1. The molecule has 0 aromatic carbocycles. The van der Waals surface area contributed by atoms with Crippen LogP contribution in [0.3, 0.4) is 0 Å². The summed E-state index contributed by atoms with van der Waals surface area (Å²) in [5, 5.41) is 7.48. The number of hydrogen-bond acceptors (Lipinski definition) is 7. The van der Waals surface area contributed by atoms with E-state index in [0.717, 1.165) is 18.5 Å². The molecule has 2 aromatic heterocycles. The molecule has 1 fully saturated rings. The normalized spacial score (nSPS) is 17.9. The van der Waals surface area contributed by atoms with Crippen molar-refractivity contribution in [2.45, 2.75) is 39.2 Å². The number of anilines is 1. The van der Waals surface area contributed by atoms with Crippen LogP contribution in [0.1, 0.15) is 41.8 Å². The lowest BCUT2D eigenvalue weighted by Crippen LogP contribution is -2.32. The van der Waals surface area contributed by atoms with Gasteiger partial charge in [0.2, 0.25) is 5.91 Å². The molecule has 116 valence electrons. The van der Waals surface area contributed by atoms with E-state index in [4.69, 9.17) is 5.73 Å². The molecule has 0 radical (unpaired) electrons. The quantitative estimate of drug-likeness (QED) is 0.898. The third kappa shape index (κ3) is 2.76. The predicted octanol–water partition coefficient (Wildman–Crippen LogP) is 0.965. The molecule has 1 amide bonds. The van der Waals surface area contributed by atoms with E-state index in [-0.39, 0.29) is 18.4 Å². The summed E-state index contributed by atoms with van der Waals surface area (Å²) in [6.07, 6.45) is 2.00. The summed E-state index contributed by atoms with van der Waals surface area (Å²) in [5.41, 5.74) is 7.81. The van der Waals surface area contributed by atoms with Gasteiger partial charge in [-0.2, -0.15) is 0 Å². The molecule has 3 heterocycles. The van der Waals surface area contributed by atoms with Gasteiger partial charge in [0, 0.05) is 12.6 Å². The van der Waals surface area contributed by atoms with E-state index in [1.165, 1.54) is 0 Å². The van der Waals surface area contributed by atoms with Gasteiger partial charge in [0.05, 0.1) is 18.2 Å². The van der Waals surface area contributed by atoms with Crippen molar-refractivity contribution >= 4 is 11.7 Å². The fraction of sp³-hybridized carbons (Fsp3) is 0.500. The lowest BCUT2D eigenvalue weighted by molar-refractivity contribution is -0.131. The molecule has 22 heavy (non-hydrogen) atoms. The number of amides is 1. The van der Waals surface area contributed by atoms with Gasteiger partial charge in [-0.05, 0) is 26.7 Å². The van der Waals surface area contributed by atoms with Gasteiger partial charge in [0.1, 0.15) is 23.0 Å². The lowest BCUT2D eigenvalue weighted by atomic mass is 10.1. The molecule has 8 heteroatoms. The number of rotatable bonds is 3. The van der Waals surface area contributed by atoms with Gasteiger partial charge in [0.25, 0.3) is 0 Å². The molecule has 0 unspecified atom stereocenters. The molecule has 1 saturated heterocycles. The van der Waals surface area contributed by atoms with Gasteiger partial charge in [-0.3, -0.25) is 4.79 Å². The molecule has 0 bridgehead atoms. The van der Waals surface area contributed by atoms with E-state index in [1.54, 1.807) is 19.9 Å². The topological polar surface area (TPSA) is 111 Å². The number of nitrogens with zero attached hydrogens (tertiary/aromatic N) is 5. The van der Waals surface area contributed by atoms with Gasteiger partial charge < -0.3 is 10.6 Å². The van der Waals surface area contributed by atoms with Crippen molar-refractivity contribution in [2.75, 3.05) is 12.3 Å². The summed E-state index contributed by atoms with van der Waals surface area (Å²) in [4.78, 5) is 22.9. The molecule has 3 rings (SSSR count). The SMILES string of the molecule is Cc1nc(N)cc([C@H]2CCCN2C(=O)Cc2nonc2C)n1. The lowest BCUT2D eigenvalue weighted by Gasteiger charge is -2.24. The van der Waals surface area contributed by atoms with Crippen LogP contribution < -0.4 is 5.73 Å². The Morgan fingerprint density at radius 1 is 1.41 bits per heavy atom. The smallest absolute Gasteiger partial charge is 0.229 e. The Balaban J connectivity index is 1.80. The molecule has 2 aromatic rings. The first kappa shape index (κ1) is 14.4. The maximum atomic E-state index is 12.6. The Morgan fingerprint density at radius 3 is 2.91 bits per heavy atom. The third-order valence-corrected chi connectivity index (χ3v) is 3.86. The highest BCUT2D eigenvalue weighted by molar-refractivity contribution is 5.79. The Morgan fingerprint density at radius 2 is 2.23 bits per heavy atom. The molecular weight excluding hydrogens is 284 g/mol. The monoisotopic (exact) mass is 302 g/mol. The maximum Gasteiger partial charge on any atom is 0.229 e. The molecule has 1 aliphatic rings. The molecule has 0 spiro atoms. The van der Waals surface area contributed by atoms with Crippen LogP contribution in [0, 0.1) is 13.8 Å². The van der Waals surface area contributed by atoms with Crippen LogP contribution >= 0.6 is 0 Å². The maximum absolute atomic E-state index is 12.6. The van der Waals surface area contributed by atoms with Crippen LogP contribution in [0.15, 0.2) is 10.7 Å². The van der Waals surface area contributed by atoms with Crippen molar-refractivity contribution in [3.63, 3.8) is 0 Å². The van der Waals surface area contributed by atoms with Crippen LogP contribution in [-0.4, -0.2) is 37.6 Å². The second kappa shape index (κ2) is 5.70.